The van der Waals surface area contributed by atoms with E-state index >= 15 is 0 Å². The Bertz CT molecular complexity index is 439. The topological polar surface area (TPSA) is 64.3 Å². The van der Waals surface area contributed by atoms with Crippen molar-refractivity contribution in [1.29, 1.82) is 5.26 Å². The maximum absolute atomic E-state index is 10.9. The summed E-state index contributed by atoms with van der Waals surface area (Å²) in [4.78, 5) is 13.8. The lowest BCUT2D eigenvalue weighted by Gasteiger charge is -2.25. The second kappa shape index (κ2) is 6.92. The van der Waals surface area contributed by atoms with Gasteiger partial charge in [-0.3, -0.25) is 4.79 Å². The summed E-state index contributed by atoms with van der Waals surface area (Å²) in [6.07, 6.45) is 0. The molecule has 0 spiro atoms. The number of thiocyanates is 1. The van der Waals surface area contributed by atoms with Crippen molar-refractivity contribution in [2.24, 2.45) is 5.92 Å². The Morgan fingerprint density at radius 2 is 2.11 bits per heavy atom. The second-order valence-electron chi connectivity index (χ2n) is 3.97. The Balaban J connectivity index is 2.76. The number of nitriles is 1. The highest BCUT2D eigenvalue weighted by Crippen LogP contribution is 2.22. The second-order valence-corrected chi connectivity index (χ2v) is 4.82. The third-order valence-corrected chi connectivity index (χ3v) is 3.26. The Hall–Kier alpha value is -1.67. The van der Waals surface area contributed by atoms with Gasteiger partial charge in [0.05, 0.1) is 5.92 Å². The van der Waals surface area contributed by atoms with Gasteiger partial charge in [-0.05, 0) is 43.0 Å². The third-order valence-electron chi connectivity index (χ3n) is 2.66. The van der Waals surface area contributed by atoms with E-state index in [-0.39, 0.29) is 0 Å². The van der Waals surface area contributed by atoms with E-state index in [1.54, 1.807) is 6.92 Å². The molecule has 0 saturated heterocycles. The van der Waals surface area contributed by atoms with Crippen molar-refractivity contribution in [3.05, 3.63) is 24.3 Å². The first kappa shape index (κ1) is 14.4. The number of carbonyl (C=O) groups is 1. The van der Waals surface area contributed by atoms with E-state index in [1.807, 2.05) is 41.5 Å². The summed E-state index contributed by atoms with van der Waals surface area (Å²) in [5, 5.41) is 19.5. The summed E-state index contributed by atoms with van der Waals surface area (Å²) in [6.45, 7) is 4.93. The van der Waals surface area contributed by atoms with Crippen molar-refractivity contribution in [2.75, 3.05) is 18.0 Å². The highest BCUT2D eigenvalue weighted by molar-refractivity contribution is 8.03. The van der Waals surface area contributed by atoms with E-state index in [0.29, 0.717) is 6.54 Å². The number of carboxylic acid groups (broad SMARTS) is 1. The van der Waals surface area contributed by atoms with Crippen molar-refractivity contribution in [3.63, 3.8) is 0 Å². The quantitative estimate of drug-likeness (QED) is 0.632. The molecule has 1 atom stereocenters. The number of aliphatic carboxylic acids is 1. The first-order valence-electron chi connectivity index (χ1n) is 5.72. The SMILES string of the molecule is CCN(CC(C)C(=O)O)c1ccc(SC#N)cc1. The lowest BCUT2D eigenvalue weighted by atomic mass is 10.1. The van der Waals surface area contributed by atoms with E-state index in [1.165, 1.54) is 0 Å². The van der Waals surface area contributed by atoms with Gasteiger partial charge < -0.3 is 10.0 Å². The van der Waals surface area contributed by atoms with Crippen LogP contribution >= 0.6 is 11.8 Å². The lowest BCUT2D eigenvalue weighted by molar-refractivity contribution is -0.140. The number of carboxylic acids is 1. The number of rotatable bonds is 6. The van der Waals surface area contributed by atoms with Crippen LogP contribution < -0.4 is 4.90 Å². The van der Waals surface area contributed by atoms with Gasteiger partial charge in [0.1, 0.15) is 5.40 Å². The average Bonchev–Trinajstić information content (AvgIpc) is 2.37. The molecule has 0 aliphatic carbocycles. The Kier molecular flexibility index (Phi) is 5.53. The zero-order valence-electron chi connectivity index (χ0n) is 10.5. The molecule has 18 heavy (non-hydrogen) atoms. The minimum Gasteiger partial charge on any atom is -0.481 e. The molecule has 1 N–H and O–H groups in total. The largest absolute Gasteiger partial charge is 0.481 e. The zero-order chi connectivity index (χ0) is 13.5. The van der Waals surface area contributed by atoms with Crippen LogP contribution in [0.25, 0.3) is 0 Å². The molecule has 0 amide bonds. The van der Waals surface area contributed by atoms with Gasteiger partial charge in [-0.2, -0.15) is 5.26 Å². The standard InChI is InChI=1S/C13H16N2O2S/c1-3-15(8-10(2)13(16)17)11-4-6-12(7-5-11)18-9-14/h4-7,10H,3,8H2,1-2H3,(H,16,17). The molecule has 1 rings (SSSR count). The molecule has 0 radical (unpaired) electrons. The number of benzene rings is 1. The summed E-state index contributed by atoms with van der Waals surface area (Å²) in [6, 6.07) is 7.57. The Labute approximate surface area is 111 Å². The molecule has 0 heterocycles. The van der Waals surface area contributed by atoms with Crippen LogP contribution in [0.15, 0.2) is 29.2 Å². The maximum atomic E-state index is 10.9. The van der Waals surface area contributed by atoms with Gasteiger partial charge in [0.15, 0.2) is 0 Å². The van der Waals surface area contributed by atoms with Crippen molar-refractivity contribution in [3.8, 4) is 5.40 Å². The minimum atomic E-state index is -0.787. The number of anilines is 1. The predicted octanol–water partition coefficient (Wildman–Crippen LogP) is 2.81. The van der Waals surface area contributed by atoms with Crippen LogP contribution in [0.5, 0.6) is 0 Å². The monoisotopic (exact) mass is 264 g/mol. The summed E-state index contributed by atoms with van der Waals surface area (Å²) in [7, 11) is 0. The fourth-order valence-electron chi connectivity index (χ4n) is 1.60. The van der Waals surface area contributed by atoms with Crippen LogP contribution in [0.3, 0.4) is 0 Å². The number of hydrogen-bond acceptors (Lipinski definition) is 4. The summed E-state index contributed by atoms with van der Waals surface area (Å²) >= 11 is 1.12. The van der Waals surface area contributed by atoms with Crippen LogP contribution in [-0.2, 0) is 4.79 Å². The van der Waals surface area contributed by atoms with Gasteiger partial charge in [-0.1, -0.05) is 6.92 Å². The Morgan fingerprint density at radius 3 is 2.56 bits per heavy atom. The molecule has 1 unspecified atom stereocenters. The molecular formula is C13H16N2O2S. The average molecular weight is 264 g/mol. The maximum Gasteiger partial charge on any atom is 0.308 e. The van der Waals surface area contributed by atoms with E-state index in [9.17, 15) is 4.79 Å². The smallest absolute Gasteiger partial charge is 0.308 e. The van der Waals surface area contributed by atoms with Gasteiger partial charge in [-0.15, -0.1) is 0 Å². The van der Waals surface area contributed by atoms with Gasteiger partial charge in [0.25, 0.3) is 0 Å². The van der Waals surface area contributed by atoms with Crippen LogP contribution in [0, 0.1) is 16.6 Å². The highest BCUT2D eigenvalue weighted by Gasteiger charge is 2.15. The summed E-state index contributed by atoms with van der Waals surface area (Å²) < 4.78 is 0. The zero-order valence-corrected chi connectivity index (χ0v) is 11.3. The molecule has 0 aliphatic rings. The third kappa shape index (κ3) is 3.97. The van der Waals surface area contributed by atoms with Crippen molar-refractivity contribution < 1.29 is 9.90 Å². The number of nitrogens with zero attached hydrogens (tertiary/aromatic N) is 2. The van der Waals surface area contributed by atoms with E-state index in [2.05, 4.69) is 0 Å². The molecular weight excluding hydrogens is 248 g/mol. The lowest BCUT2D eigenvalue weighted by Crippen LogP contribution is -2.31. The molecule has 0 bridgehead atoms. The van der Waals surface area contributed by atoms with Crippen LogP contribution in [0.1, 0.15) is 13.8 Å². The summed E-state index contributed by atoms with van der Waals surface area (Å²) in [5.74, 6) is -1.19. The minimum absolute atomic E-state index is 0.405. The van der Waals surface area contributed by atoms with Gasteiger partial charge in [0.2, 0.25) is 0 Å². The number of thioether (sulfide) groups is 1. The van der Waals surface area contributed by atoms with Crippen molar-refractivity contribution >= 4 is 23.4 Å². The molecule has 96 valence electrons. The molecule has 0 saturated carbocycles. The molecule has 1 aromatic rings. The first-order valence-corrected chi connectivity index (χ1v) is 6.53. The van der Waals surface area contributed by atoms with Gasteiger partial charge >= 0.3 is 5.97 Å². The molecule has 0 fully saturated rings. The van der Waals surface area contributed by atoms with Crippen molar-refractivity contribution in [2.45, 2.75) is 18.7 Å². The fourth-order valence-corrected chi connectivity index (χ4v) is 1.98. The fraction of sp³-hybridized carbons (Fsp3) is 0.385. The highest BCUT2D eigenvalue weighted by atomic mass is 32.2. The van der Waals surface area contributed by atoms with Gasteiger partial charge in [-0.25, -0.2) is 0 Å². The summed E-state index contributed by atoms with van der Waals surface area (Å²) in [5.41, 5.74) is 0.980. The van der Waals surface area contributed by atoms with Crippen LogP contribution in [0.2, 0.25) is 0 Å². The van der Waals surface area contributed by atoms with Crippen molar-refractivity contribution in [1.82, 2.24) is 0 Å². The van der Waals surface area contributed by atoms with Crippen LogP contribution in [0.4, 0.5) is 5.69 Å². The Morgan fingerprint density at radius 1 is 1.50 bits per heavy atom. The molecule has 4 nitrogen and oxygen atoms in total. The predicted molar refractivity (Wildman–Crippen MR) is 72.6 cm³/mol. The van der Waals surface area contributed by atoms with E-state index in [0.717, 1.165) is 28.9 Å². The molecule has 0 aromatic heterocycles. The normalized spacial score (nSPS) is 11.6. The van der Waals surface area contributed by atoms with Crippen LogP contribution in [-0.4, -0.2) is 24.2 Å². The van der Waals surface area contributed by atoms with E-state index < -0.39 is 11.9 Å². The number of hydrogen-bond donors (Lipinski definition) is 1. The first-order chi connectivity index (χ1) is 8.58. The van der Waals surface area contributed by atoms with Gasteiger partial charge in [0, 0.05) is 23.7 Å². The molecule has 1 aromatic carbocycles. The molecule has 0 aliphatic heterocycles. The van der Waals surface area contributed by atoms with E-state index in [4.69, 9.17) is 10.4 Å². The molecule has 5 heteroatoms.